The lowest BCUT2D eigenvalue weighted by Gasteiger charge is -2.29. The van der Waals surface area contributed by atoms with Crippen molar-refractivity contribution < 1.29 is 9.59 Å². The molecule has 90 valence electrons. The summed E-state index contributed by atoms with van der Waals surface area (Å²) in [5.74, 6) is -0.637. The van der Waals surface area contributed by atoms with Crippen LogP contribution in [0, 0.1) is 0 Å². The van der Waals surface area contributed by atoms with E-state index in [1.54, 1.807) is 9.80 Å². The Morgan fingerprint density at radius 1 is 1.12 bits per heavy atom. The highest BCUT2D eigenvalue weighted by Crippen LogP contribution is 2.17. The first-order valence-corrected chi connectivity index (χ1v) is 6.01. The molecule has 0 aromatic carbocycles. The van der Waals surface area contributed by atoms with Crippen molar-refractivity contribution >= 4 is 11.8 Å². The van der Waals surface area contributed by atoms with Gasteiger partial charge in [-0.3, -0.25) is 9.59 Å². The summed E-state index contributed by atoms with van der Waals surface area (Å²) in [5.41, 5.74) is 0. The third-order valence-electron chi connectivity index (χ3n) is 3.40. The minimum Gasteiger partial charge on any atom is -0.332 e. The van der Waals surface area contributed by atoms with Gasteiger partial charge >= 0.3 is 11.8 Å². The van der Waals surface area contributed by atoms with Crippen molar-refractivity contribution in [3.63, 3.8) is 0 Å². The van der Waals surface area contributed by atoms with E-state index in [-0.39, 0.29) is 17.9 Å². The fourth-order valence-corrected chi connectivity index (χ4v) is 2.36. The molecule has 0 aromatic heterocycles. The molecule has 5 nitrogen and oxygen atoms in total. The van der Waals surface area contributed by atoms with Crippen LogP contribution >= 0.6 is 0 Å². The molecule has 0 spiro atoms. The average molecular weight is 225 g/mol. The normalized spacial score (nSPS) is 25.9. The topological polar surface area (TPSA) is 52.7 Å². The van der Waals surface area contributed by atoms with E-state index in [0.717, 1.165) is 32.5 Å². The minimum absolute atomic E-state index is 0.222. The third kappa shape index (κ3) is 2.19. The number of rotatable bonds is 0. The van der Waals surface area contributed by atoms with E-state index < -0.39 is 0 Å². The van der Waals surface area contributed by atoms with Crippen LogP contribution in [0.4, 0.5) is 0 Å². The van der Waals surface area contributed by atoms with Gasteiger partial charge in [-0.05, 0) is 19.8 Å². The molecule has 1 atom stereocenters. The van der Waals surface area contributed by atoms with Gasteiger partial charge in [-0.1, -0.05) is 0 Å². The van der Waals surface area contributed by atoms with Crippen molar-refractivity contribution in [1.29, 1.82) is 0 Å². The summed E-state index contributed by atoms with van der Waals surface area (Å²) >= 11 is 0. The monoisotopic (exact) mass is 225 g/mol. The summed E-state index contributed by atoms with van der Waals surface area (Å²) in [6, 6.07) is 0.222. The maximum absolute atomic E-state index is 12.0. The first-order valence-electron chi connectivity index (χ1n) is 6.01. The number of carbonyl (C=O) groups excluding carboxylic acids is 2. The maximum Gasteiger partial charge on any atom is 0.312 e. The minimum atomic E-state index is -0.324. The van der Waals surface area contributed by atoms with Crippen LogP contribution in [0.25, 0.3) is 0 Å². The number of hydrogen-bond donors (Lipinski definition) is 1. The van der Waals surface area contributed by atoms with Crippen LogP contribution in [-0.4, -0.2) is 60.4 Å². The predicted molar refractivity (Wildman–Crippen MR) is 59.9 cm³/mol. The van der Waals surface area contributed by atoms with E-state index >= 15 is 0 Å². The van der Waals surface area contributed by atoms with Gasteiger partial charge in [0.2, 0.25) is 0 Å². The zero-order valence-electron chi connectivity index (χ0n) is 9.74. The Labute approximate surface area is 95.8 Å². The Balaban J connectivity index is 1.95. The quantitative estimate of drug-likeness (QED) is 0.562. The molecule has 2 amide bonds. The molecular weight excluding hydrogens is 206 g/mol. The highest BCUT2D eigenvalue weighted by molar-refractivity contribution is 6.35. The highest BCUT2D eigenvalue weighted by atomic mass is 16.2. The molecule has 2 heterocycles. The fraction of sp³-hybridized carbons (Fsp3) is 0.818. The van der Waals surface area contributed by atoms with E-state index in [2.05, 4.69) is 5.32 Å². The first-order chi connectivity index (χ1) is 7.70. The molecule has 1 unspecified atom stereocenters. The summed E-state index contributed by atoms with van der Waals surface area (Å²) < 4.78 is 0. The van der Waals surface area contributed by atoms with Crippen molar-refractivity contribution in [2.75, 3.05) is 32.7 Å². The molecule has 0 saturated carbocycles. The van der Waals surface area contributed by atoms with Gasteiger partial charge in [0, 0.05) is 38.8 Å². The van der Waals surface area contributed by atoms with Crippen molar-refractivity contribution in [2.24, 2.45) is 0 Å². The van der Waals surface area contributed by atoms with E-state index in [0.29, 0.717) is 13.1 Å². The Morgan fingerprint density at radius 3 is 2.38 bits per heavy atom. The molecule has 1 N–H and O–H groups in total. The van der Waals surface area contributed by atoms with Gasteiger partial charge in [0.1, 0.15) is 0 Å². The number of amides is 2. The Hall–Kier alpha value is -1.10. The maximum atomic E-state index is 12.0. The second-order valence-corrected chi connectivity index (χ2v) is 4.53. The molecule has 5 heteroatoms. The molecule has 0 aromatic rings. The molecule has 2 aliphatic rings. The predicted octanol–water partition coefficient (Wildman–Crippen LogP) is -0.571. The van der Waals surface area contributed by atoms with Crippen LogP contribution in [0.2, 0.25) is 0 Å². The fourth-order valence-electron chi connectivity index (χ4n) is 2.36. The van der Waals surface area contributed by atoms with Gasteiger partial charge in [0.05, 0.1) is 0 Å². The van der Waals surface area contributed by atoms with Crippen molar-refractivity contribution in [1.82, 2.24) is 15.1 Å². The van der Waals surface area contributed by atoms with Crippen LogP contribution in [-0.2, 0) is 9.59 Å². The van der Waals surface area contributed by atoms with Crippen molar-refractivity contribution in [3.05, 3.63) is 0 Å². The average Bonchev–Trinajstić information content (AvgIpc) is 2.75. The summed E-state index contributed by atoms with van der Waals surface area (Å²) in [5, 5.41) is 3.17. The summed E-state index contributed by atoms with van der Waals surface area (Å²) in [4.78, 5) is 27.3. The van der Waals surface area contributed by atoms with Gasteiger partial charge in [0.15, 0.2) is 0 Å². The largest absolute Gasteiger partial charge is 0.332 e. The summed E-state index contributed by atoms with van der Waals surface area (Å²) in [6.45, 7) is 5.61. The standard InChI is InChI=1S/C11H19N3O2/c1-9-3-2-6-14(9)11(16)10(15)13-7-4-12-5-8-13/h9,12H,2-8H2,1H3. The van der Waals surface area contributed by atoms with Crippen LogP contribution in [0.1, 0.15) is 19.8 Å². The van der Waals surface area contributed by atoms with Gasteiger partial charge in [-0.2, -0.15) is 0 Å². The second-order valence-electron chi connectivity index (χ2n) is 4.53. The number of nitrogens with one attached hydrogen (secondary N) is 1. The Bertz CT molecular complexity index is 287. The lowest BCUT2D eigenvalue weighted by Crippen LogP contribution is -2.52. The Kier molecular flexibility index (Phi) is 3.43. The molecule has 0 aliphatic carbocycles. The highest BCUT2D eigenvalue weighted by Gasteiger charge is 2.32. The number of piperazine rings is 1. The molecule has 16 heavy (non-hydrogen) atoms. The zero-order chi connectivity index (χ0) is 11.5. The van der Waals surface area contributed by atoms with Gasteiger partial charge in [-0.25, -0.2) is 0 Å². The van der Waals surface area contributed by atoms with E-state index in [4.69, 9.17) is 0 Å². The van der Waals surface area contributed by atoms with Crippen molar-refractivity contribution in [3.8, 4) is 0 Å². The molecule has 2 fully saturated rings. The van der Waals surface area contributed by atoms with Crippen LogP contribution in [0.5, 0.6) is 0 Å². The van der Waals surface area contributed by atoms with E-state index in [1.165, 1.54) is 0 Å². The summed E-state index contributed by atoms with van der Waals surface area (Å²) in [6.07, 6.45) is 2.03. The van der Waals surface area contributed by atoms with Gasteiger partial charge in [0.25, 0.3) is 0 Å². The molecule has 2 saturated heterocycles. The SMILES string of the molecule is CC1CCCN1C(=O)C(=O)N1CCNCC1. The van der Waals surface area contributed by atoms with Crippen LogP contribution in [0.15, 0.2) is 0 Å². The van der Waals surface area contributed by atoms with E-state index in [9.17, 15) is 9.59 Å². The lowest BCUT2D eigenvalue weighted by atomic mass is 10.2. The summed E-state index contributed by atoms with van der Waals surface area (Å²) in [7, 11) is 0. The first kappa shape index (κ1) is 11.4. The van der Waals surface area contributed by atoms with Crippen molar-refractivity contribution in [2.45, 2.75) is 25.8 Å². The molecule has 2 rings (SSSR count). The Morgan fingerprint density at radius 2 is 1.81 bits per heavy atom. The molecular formula is C11H19N3O2. The molecule has 0 bridgehead atoms. The zero-order valence-corrected chi connectivity index (χ0v) is 9.74. The third-order valence-corrected chi connectivity index (χ3v) is 3.40. The number of hydrogen-bond acceptors (Lipinski definition) is 3. The molecule has 0 radical (unpaired) electrons. The lowest BCUT2D eigenvalue weighted by molar-refractivity contribution is -0.152. The van der Waals surface area contributed by atoms with Crippen LogP contribution < -0.4 is 5.32 Å². The number of nitrogens with zero attached hydrogens (tertiary/aromatic N) is 2. The van der Waals surface area contributed by atoms with E-state index in [1.807, 2.05) is 6.92 Å². The number of likely N-dealkylation sites (tertiary alicyclic amines) is 1. The van der Waals surface area contributed by atoms with Gasteiger partial charge < -0.3 is 15.1 Å². The smallest absolute Gasteiger partial charge is 0.312 e. The van der Waals surface area contributed by atoms with Gasteiger partial charge in [-0.15, -0.1) is 0 Å². The van der Waals surface area contributed by atoms with Crippen LogP contribution in [0.3, 0.4) is 0 Å². The second kappa shape index (κ2) is 4.82. The number of carbonyl (C=O) groups is 2. The molecule has 2 aliphatic heterocycles.